The third kappa shape index (κ3) is 17.1. The third-order valence-electron chi connectivity index (χ3n) is 6.91. The number of carbonyl (C=O) groups excluding carboxylic acids is 8. The Hall–Kier alpha value is -4.24. The van der Waals surface area contributed by atoms with Gasteiger partial charge in [-0.2, -0.15) is 0 Å². The Bertz CT molecular complexity index is 1170. The van der Waals surface area contributed by atoms with E-state index in [0.717, 1.165) is 7.11 Å². The van der Waals surface area contributed by atoms with Crippen LogP contribution in [0.15, 0.2) is 0 Å². The van der Waals surface area contributed by atoms with Crippen molar-refractivity contribution in [1.82, 2.24) is 26.6 Å². The van der Waals surface area contributed by atoms with Gasteiger partial charge >= 0.3 is 5.97 Å². The molecule has 6 amide bonds. The highest BCUT2D eigenvalue weighted by molar-refractivity contribution is 5.97. The van der Waals surface area contributed by atoms with Gasteiger partial charge in [-0.15, -0.1) is 0 Å². The maximum atomic E-state index is 13.1. The molecule has 20 nitrogen and oxygen atoms in total. The first-order valence-corrected chi connectivity index (χ1v) is 15.5. The highest BCUT2D eigenvalue weighted by Gasteiger charge is 2.38. The Balaban J connectivity index is 5.35. The van der Waals surface area contributed by atoms with E-state index in [2.05, 4.69) is 26.6 Å². The van der Waals surface area contributed by atoms with Gasteiger partial charge in [0.05, 0.1) is 26.5 Å². The van der Waals surface area contributed by atoms with Gasteiger partial charge in [0.1, 0.15) is 36.4 Å². The van der Waals surface area contributed by atoms with E-state index in [9.17, 15) is 58.8 Å². The number of methoxy groups -OCH3 is 1. The van der Waals surface area contributed by atoms with Gasteiger partial charge in [-0.1, -0.05) is 27.7 Å². The van der Waals surface area contributed by atoms with Crippen LogP contribution in [0.1, 0.15) is 59.8 Å². The van der Waals surface area contributed by atoms with E-state index < -0.39 is 108 Å². The van der Waals surface area contributed by atoms with Crippen molar-refractivity contribution in [2.24, 2.45) is 17.4 Å². The van der Waals surface area contributed by atoms with Crippen LogP contribution in [0, 0.1) is 5.92 Å². The number of hydrogen-bond donors (Lipinski definition) is 11. The standard InChI is InChI=1S/C29H51N7O13/c1-13(2)21(40)22(41)23(42)24(43)25(44)28(47)32-9-7-6-8-15(29(48)49-5)35-27(46)17(11-19(31)38)36-26(45)16(10-18(30)37)34-20(39)12-33-14(3)4/h13-17,22-25,33,41-44H,6-12H2,1-5H3,(H2,30,37)(H2,31,38)(H,32,47)(H,34,39)(H,35,46)(H,36,45)/t15-,16-,17-,22?,23?,24?,25?/m0/s1. The predicted octanol–water partition coefficient (Wildman–Crippen LogP) is -5.68. The number of esters is 1. The van der Waals surface area contributed by atoms with Crippen LogP contribution in [0.4, 0.5) is 0 Å². The van der Waals surface area contributed by atoms with Gasteiger partial charge in [0.25, 0.3) is 5.91 Å². The lowest BCUT2D eigenvalue weighted by Crippen LogP contribution is -2.57. The van der Waals surface area contributed by atoms with Gasteiger partial charge in [0.2, 0.25) is 29.5 Å². The van der Waals surface area contributed by atoms with Gasteiger partial charge < -0.3 is 63.2 Å². The normalized spacial score (nSPS) is 15.5. The van der Waals surface area contributed by atoms with E-state index in [4.69, 9.17) is 16.2 Å². The van der Waals surface area contributed by atoms with Crippen LogP contribution >= 0.6 is 0 Å². The molecule has 0 saturated heterocycles. The van der Waals surface area contributed by atoms with Crippen LogP contribution in [-0.2, 0) is 43.1 Å². The number of primary amides is 2. The fraction of sp³-hybridized carbons (Fsp3) is 0.724. The van der Waals surface area contributed by atoms with Crippen LogP contribution < -0.4 is 38.1 Å². The number of aliphatic hydroxyl groups excluding tert-OH is 4. The van der Waals surface area contributed by atoms with Crippen molar-refractivity contribution in [3.8, 4) is 0 Å². The van der Waals surface area contributed by atoms with Crippen molar-refractivity contribution in [1.29, 1.82) is 0 Å². The summed E-state index contributed by atoms with van der Waals surface area (Å²) in [4.78, 5) is 98.0. The molecule has 0 aromatic heterocycles. The van der Waals surface area contributed by atoms with Crippen LogP contribution in [0.25, 0.3) is 0 Å². The molecule has 13 N–H and O–H groups in total. The summed E-state index contributed by atoms with van der Waals surface area (Å²) < 4.78 is 4.71. The number of Topliss-reactive ketones (excluding diaryl/α,β-unsaturated/α-hetero) is 1. The van der Waals surface area contributed by atoms with Gasteiger partial charge in [-0.05, 0) is 19.3 Å². The Morgan fingerprint density at radius 1 is 0.673 bits per heavy atom. The molecular formula is C29H51N7O13. The van der Waals surface area contributed by atoms with Gasteiger partial charge in [0, 0.05) is 18.5 Å². The number of hydrogen-bond acceptors (Lipinski definition) is 14. The summed E-state index contributed by atoms with van der Waals surface area (Å²) in [5.41, 5.74) is 10.4. The Morgan fingerprint density at radius 3 is 1.63 bits per heavy atom. The lowest BCUT2D eigenvalue weighted by molar-refractivity contribution is -0.155. The SMILES string of the molecule is COC(=O)[C@H](CCCCNC(=O)C(O)C(O)C(O)C(O)C(=O)C(C)C)NC(=O)[C@H](CC(N)=O)NC(=O)[C@H](CC(N)=O)NC(=O)CNC(C)C. The van der Waals surface area contributed by atoms with Crippen LogP contribution in [0.2, 0.25) is 0 Å². The molecule has 20 heteroatoms. The Labute approximate surface area is 283 Å². The van der Waals surface area contributed by atoms with Crippen molar-refractivity contribution >= 4 is 47.2 Å². The first-order valence-electron chi connectivity index (χ1n) is 15.5. The van der Waals surface area contributed by atoms with E-state index in [-0.39, 0.29) is 38.4 Å². The predicted molar refractivity (Wildman–Crippen MR) is 169 cm³/mol. The van der Waals surface area contributed by atoms with Gasteiger partial charge in [-0.3, -0.25) is 33.6 Å². The Kier molecular flexibility index (Phi) is 20.5. The zero-order valence-corrected chi connectivity index (χ0v) is 28.3. The zero-order chi connectivity index (χ0) is 38.0. The number of aliphatic hydroxyl groups is 4. The molecule has 49 heavy (non-hydrogen) atoms. The smallest absolute Gasteiger partial charge is 0.328 e. The molecule has 4 unspecified atom stereocenters. The number of nitrogens with one attached hydrogen (secondary N) is 5. The van der Waals surface area contributed by atoms with Crippen molar-refractivity contribution in [3.05, 3.63) is 0 Å². The molecule has 0 radical (unpaired) electrons. The highest BCUT2D eigenvalue weighted by Crippen LogP contribution is 2.11. The number of amides is 6. The molecule has 0 rings (SSSR count). The lowest BCUT2D eigenvalue weighted by atomic mass is 9.94. The molecule has 0 aromatic rings. The minimum absolute atomic E-state index is 0.0737. The zero-order valence-electron chi connectivity index (χ0n) is 28.3. The van der Waals surface area contributed by atoms with Gasteiger partial charge in [-0.25, -0.2) is 4.79 Å². The average molecular weight is 706 g/mol. The number of ether oxygens (including phenoxy) is 1. The molecule has 0 aliphatic carbocycles. The first-order chi connectivity index (χ1) is 22.7. The second-order valence-corrected chi connectivity index (χ2v) is 11.9. The fourth-order valence-corrected chi connectivity index (χ4v) is 4.13. The summed E-state index contributed by atoms with van der Waals surface area (Å²) in [7, 11) is 1.04. The molecular weight excluding hydrogens is 654 g/mol. The summed E-state index contributed by atoms with van der Waals surface area (Å²) in [6.45, 7) is 6.12. The highest BCUT2D eigenvalue weighted by atomic mass is 16.5. The van der Waals surface area contributed by atoms with Crippen LogP contribution in [0.5, 0.6) is 0 Å². The van der Waals surface area contributed by atoms with Gasteiger partial charge in [0.15, 0.2) is 11.9 Å². The molecule has 0 aromatic carbocycles. The summed E-state index contributed by atoms with van der Waals surface area (Å²) in [5, 5.41) is 51.9. The molecule has 7 atom stereocenters. The van der Waals surface area contributed by atoms with Crippen LogP contribution in [-0.4, -0.2) is 136 Å². The van der Waals surface area contributed by atoms with E-state index >= 15 is 0 Å². The summed E-state index contributed by atoms with van der Waals surface area (Å²) in [5.74, 6) is -8.21. The second-order valence-electron chi connectivity index (χ2n) is 11.9. The summed E-state index contributed by atoms with van der Waals surface area (Å²) in [6.07, 6.45) is -9.70. The molecule has 0 fully saturated rings. The largest absolute Gasteiger partial charge is 0.467 e. The molecule has 0 aliphatic heterocycles. The molecule has 0 bridgehead atoms. The quantitative estimate of drug-likeness (QED) is 0.0329. The van der Waals surface area contributed by atoms with Crippen molar-refractivity contribution < 1.29 is 63.5 Å². The molecule has 0 saturated carbocycles. The van der Waals surface area contributed by atoms with Crippen molar-refractivity contribution in [2.45, 2.75) is 108 Å². The maximum Gasteiger partial charge on any atom is 0.328 e. The fourth-order valence-electron chi connectivity index (χ4n) is 4.13. The van der Waals surface area contributed by atoms with Crippen molar-refractivity contribution in [3.63, 3.8) is 0 Å². The number of unbranched alkanes of at least 4 members (excludes halogenated alkanes) is 1. The molecule has 0 aliphatic rings. The number of ketones is 1. The number of nitrogens with two attached hydrogens (primary N) is 2. The number of rotatable bonds is 24. The number of carbonyl (C=O) groups is 8. The minimum atomic E-state index is -2.20. The van der Waals surface area contributed by atoms with Crippen molar-refractivity contribution in [2.75, 3.05) is 20.2 Å². The summed E-state index contributed by atoms with van der Waals surface area (Å²) >= 11 is 0. The molecule has 0 spiro atoms. The molecule has 280 valence electrons. The van der Waals surface area contributed by atoms with E-state index in [0.29, 0.717) is 0 Å². The Morgan fingerprint density at radius 2 is 1.16 bits per heavy atom. The van der Waals surface area contributed by atoms with Crippen LogP contribution in [0.3, 0.4) is 0 Å². The molecule has 0 heterocycles. The van der Waals surface area contributed by atoms with E-state index in [1.807, 2.05) is 0 Å². The van der Waals surface area contributed by atoms with E-state index in [1.165, 1.54) is 13.8 Å². The topological polar surface area (TPSA) is 339 Å². The third-order valence-corrected chi connectivity index (χ3v) is 6.91. The average Bonchev–Trinajstić information content (AvgIpc) is 3.02. The lowest BCUT2D eigenvalue weighted by Gasteiger charge is -2.26. The summed E-state index contributed by atoms with van der Waals surface area (Å²) in [6, 6.07) is -4.54. The minimum Gasteiger partial charge on any atom is -0.467 e. The van der Waals surface area contributed by atoms with E-state index in [1.54, 1.807) is 13.8 Å². The maximum absolute atomic E-state index is 13.1. The monoisotopic (exact) mass is 705 g/mol. The first kappa shape index (κ1) is 44.8. The second kappa shape index (κ2) is 22.4.